The van der Waals surface area contributed by atoms with E-state index in [1.54, 1.807) is 0 Å². The minimum absolute atomic E-state index is 0.0353. The molecule has 1 fully saturated rings. The Morgan fingerprint density at radius 3 is 2.73 bits per heavy atom. The molecule has 0 spiro atoms. The highest BCUT2D eigenvalue weighted by Crippen LogP contribution is 2.33. The van der Waals surface area contributed by atoms with Crippen molar-refractivity contribution in [2.75, 3.05) is 5.84 Å². The average molecular weight is 354 g/mol. The molecule has 1 aromatic heterocycles. The van der Waals surface area contributed by atoms with Crippen molar-refractivity contribution in [2.24, 2.45) is 0 Å². The molecule has 2 N–H and O–H groups in total. The van der Waals surface area contributed by atoms with Crippen molar-refractivity contribution in [3.8, 4) is 0 Å². The van der Waals surface area contributed by atoms with Gasteiger partial charge in [-0.2, -0.15) is 5.10 Å². The summed E-state index contributed by atoms with van der Waals surface area (Å²) in [5.41, 5.74) is 2.37. The molecule has 1 heterocycles. The van der Waals surface area contributed by atoms with Crippen molar-refractivity contribution in [1.29, 1.82) is 0 Å². The third-order valence-corrected chi connectivity index (χ3v) is 5.04. The van der Waals surface area contributed by atoms with Crippen LogP contribution in [0.15, 0.2) is 41.2 Å². The number of amides is 1. The van der Waals surface area contributed by atoms with Crippen LogP contribution in [0.4, 0.5) is 4.79 Å². The molecule has 1 aromatic carbocycles. The van der Waals surface area contributed by atoms with Gasteiger partial charge in [0.2, 0.25) is 0 Å². The van der Waals surface area contributed by atoms with Gasteiger partial charge in [-0.3, -0.25) is 4.79 Å². The van der Waals surface area contributed by atoms with E-state index in [1.165, 1.54) is 6.07 Å². The lowest BCUT2D eigenvalue weighted by Crippen LogP contribution is -2.46. The minimum Gasteiger partial charge on any atom is -0.445 e. The second-order valence-electron chi connectivity index (χ2n) is 6.97. The topological polar surface area (TPSA) is 90.5 Å². The van der Waals surface area contributed by atoms with E-state index in [2.05, 4.69) is 5.10 Å². The summed E-state index contributed by atoms with van der Waals surface area (Å²) < 4.78 is 5.56. The van der Waals surface area contributed by atoms with E-state index in [-0.39, 0.29) is 30.3 Å². The van der Waals surface area contributed by atoms with Gasteiger partial charge in [0.1, 0.15) is 6.61 Å². The highest BCUT2D eigenvalue weighted by molar-refractivity contribution is 5.69. The molecule has 2 aliphatic rings. The van der Waals surface area contributed by atoms with Gasteiger partial charge in [-0.25, -0.2) is 4.79 Å². The number of nitrogens with two attached hydrogens (primary N) is 1. The van der Waals surface area contributed by atoms with Gasteiger partial charge in [0.25, 0.3) is 5.56 Å². The molecule has 7 nitrogen and oxygen atoms in total. The number of fused-ring (bicyclic) bond motifs is 1. The van der Waals surface area contributed by atoms with Gasteiger partial charge in [-0.1, -0.05) is 30.3 Å². The molecule has 0 saturated heterocycles. The number of aryl methyl sites for hydroxylation is 1. The standard InChI is InChI=1S/C19H22N4O3/c20-23-18(24)11-14-10-16(8-9-17(14)21-23)22(15-6-7-15)19(25)26-12-13-4-2-1-3-5-13/h1-5,11,15-16H,6-10,12,20H2. The molecule has 2 aliphatic carbocycles. The zero-order valence-electron chi connectivity index (χ0n) is 14.5. The summed E-state index contributed by atoms with van der Waals surface area (Å²) in [6.07, 6.45) is 3.86. The molecule has 1 saturated carbocycles. The van der Waals surface area contributed by atoms with Crippen LogP contribution < -0.4 is 11.4 Å². The first-order chi connectivity index (χ1) is 12.6. The minimum atomic E-state index is -0.325. The van der Waals surface area contributed by atoms with Gasteiger partial charge >= 0.3 is 6.09 Å². The van der Waals surface area contributed by atoms with E-state index in [0.717, 1.165) is 40.9 Å². The summed E-state index contributed by atoms with van der Waals surface area (Å²) in [6, 6.07) is 11.5. The van der Waals surface area contributed by atoms with Crippen LogP contribution in [0.5, 0.6) is 0 Å². The number of rotatable bonds is 4. The van der Waals surface area contributed by atoms with Crippen molar-refractivity contribution in [1.82, 2.24) is 14.8 Å². The van der Waals surface area contributed by atoms with E-state index in [1.807, 2.05) is 35.2 Å². The molecule has 4 rings (SSSR count). The van der Waals surface area contributed by atoms with Crippen molar-refractivity contribution in [2.45, 2.75) is 50.8 Å². The number of carbonyl (C=O) groups excluding carboxylic acids is 1. The predicted octanol–water partition coefficient (Wildman–Crippen LogP) is 1.62. The van der Waals surface area contributed by atoms with Crippen LogP contribution in [0.3, 0.4) is 0 Å². The summed E-state index contributed by atoms with van der Waals surface area (Å²) in [5.74, 6) is 5.55. The number of benzene rings is 1. The Hall–Kier alpha value is -2.83. The Balaban J connectivity index is 1.47. The number of nitrogens with zero attached hydrogens (tertiary/aromatic N) is 3. The van der Waals surface area contributed by atoms with Crippen LogP contribution >= 0.6 is 0 Å². The van der Waals surface area contributed by atoms with Gasteiger partial charge < -0.3 is 15.5 Å². The highest BCUT2D eigenvalue weighted by Gasteiger charge is 2.40. The van der Waals surface area contributed by atoms with Crippen LogP contribution in [0, 0.1) is 0 Å². The van der Waals surface area contributed by atoms with E-state index in [9.17, 15) is 9.59 Å². The van der Waals surface area contributed by atoms with E-state index in [0.29, 0.717) is 12.8 Å². The summed E-state index contributed by atoms with van der Waals surface area (Å²) >= 11 is 0. The Bertz CT molecular complexity index is 861. The van der Waals surface area contributed by atoms with Crippen molar-refractivity contribution < 1.29 is 9.53 Å². The summed E-state index contributed by atoms with van der Waals surface area (Å²) in [7, 11) is 0. The van der Waals surface area contributed by atoms with Crippen LogP contribution in [-0.2, 0) is 24.2 Å². The monoisotopic (exact) mass is 354 g/mol. The third kappa shape index (κ3) is 3.42. The fourth-order valence-electron chi connectivity index (χ4n) is 3.57. The highest BCUT2D eigenvalue weighted by atomic mass is 16.6. The second-order valence-corrected chi connectivity index (χ2v) is 6.97. The average Bonchev–Trinajstić information content (AvgIpc) is 3.47. The first-order valence-electron chi connectivity index (χ1n) is 8.98. The molecular formula is C19H22N4O3. The van der Waals surface area contributed by atoms with Crippen LogP contribution in [0.1, 0.15) is 36.1 Å². The summed E-state index contributed by atoms with van der Waals surface area (Å²) in [5, 5.41) is 4.14. The Morgan fingerprint density at radius 1 is 1.23 bits per heavy atom. The Morgan fingerprint density at radius 2 is 2.00 bits per heavy atom. The van der Waals surface area contributed by atoms with Gasteiger partial charge in [0.05, 0.1) is 5.69 Å². The molecule has 136 valence electrons. The van der Waals surface area contributed by atoms with Crippen LogP contribution in [-0.4, -0.2) is 33.0 Å². The lowest BCUT2D eigenvalue weighted by atomic mass is 9.91. The quantitative estimate of drug-likeness (QED) is 0.843. The maximum atomic E-state index is 12.7. The Kier molecular flexibility index (Phi) is 4.36. The second kappa shape index (κ2) is 6.82. The smallest absolute Gasteiger partial charge is 0.410 e. The fourth-order valence-corrected chi connectivity index (χ4v) is 3.57. The van der Waals surface area contributed by atoms with Crippen molar-refractivity contribution in [3.05, 3.63) is 63.6 Å². The van der Waals surface area contributed by atoms with Crippen molar-refractivity contribution in [3.63, 3.8) is 0 Å². The first kappa shape index (κ1) is 16.6. The Labute approximate surface area is 151 Å². The maximum Gasteiger partial charge on any atom is 0.410 e. The zero-order chi connectivity index (χ0) is 18.1. The van der Waals surface area contributed by atoms with E-state index >= 15 is 0 Å². The maximum absolute atomic E-state index is 12.7. The third-order valence-electron chi connectivity index (χ3n) is 5.04. The molecule has 1 atom stereocenters. The number of carbonyl (C=O) groups is 1. The van der Waals surface area contributed by atoms with Gasteiger partial charge in [0, 0.05) is 18.2 Å². The number of nitrogen functional groups attached to an aromatic ring is 1. The zero-order valence-corrected chi connectivity index (χ0v) is 14.5. The molecule has 0 bridgehead atoms. The van der Waals surface area contributed by atoms with E-state index < -0.39 is 0 Å². The van der Waals surface area contributed by atoms with Crippen molar-refractivity contribution >= 4 is 6.09 Å². The molecule has 0 radical (unpaired) electrons. The molecule has 1 amide bonds. The molecular weight excluding hydrogens is 332 g/mol. The first-order valence-corrected chi connectivity index (χ1v) is 8.98. The fraction of sp³-hybridized carbons (Fsp3) is 0.421. The predicted molar refractivity (Wildman–Crippen MR) is 95.9 cm³/mol. The lowest BCUT2D eigenvalue weighted by Gasteiger charge is -2.34. The normalized spacial score (nSPS) is 18.8. The largest absolute Gasteiger partial charge is 0.445 e. The number of hydrogen-bond acceptors (Lipinski definition) is 5. The lowest BCUT2D eigenvalue weighted by molar-refractivity contribution is 0.0734. The molecule has 2 aromatic rings. The number of ether oxygens (including phenoxy) is 1. The molecule has 0 aliphatic heterocycles. The number of hydrogen-bond donors (Lipinski definition) is 1. The van der Waals surface area contributed by atoms with Gasteiger partial charge in [0.15, 0.2) is 0 Å². The number of aromatic nitrogens is 2. The van der Waals surface area contributed by atoms with Crippen LogP contribution in [0.2, 0.25) is 0 Å². The molecule has 1 unspecified atom stereocenters. The summed E-state index contributed by atoms with van der Waals surface area (Å²) in [6.45, 7) is 0.269. The molecule has 7 heteroatoms. The summed E-state index contributed by atoms with van der Waals surface area (Å²) in [4.78, 5) is 27.3. The van der Waals surface area contributed by atoms with Gasteiger partial charge in [-0.05, 0) is 43.2 Å². The van der Waals surface area contributed by atoms with Gasteiger partial charge in [-0.15, -0.1) is 4.79 Å². The van der Waals surface area contributed by atoms with Crippen LogP contribution in [0.25, 0.3) is 0 Å². The van der Waals surface area contributed by atoms with E-state index in [4.69, 9.17) is 10.6 Å². The SMILES string of the molecule is Nn1nc2c(cc1=O)CC(N(C(=O)OCc1ccccc1)C1CC1)CC2. The molecule has 26 heavy (non-hydrogen) atoms.